The SMILES string of the molecule is O=C(C1C2CCCCC21)N1CCC(c2cc(C(F)F)n3ncnc3n2)CC1. The highest BCUT2D eigenvalue weighted by Crippen LogP contribution is 2.56. The van der Waals surface area contributed by atoms with Gasteiger partial charge in [-0.2, -0.15) is 14.6 Å². The number of alkyl halides is 2. The van der Waals surface area contributed by atoms with E-state index in [1.165, 1.54) is 38.1 Å². The predicted molar refractivity (Wildman–Crippen MR) is 93.2 cm³/mol. The van der Waals surface area contributed by atoms with Gasteiger partial charge in [0.05, 0.1) is 0 Å². The molecule has 0 N–H and O–H groups in total. The minimum atomic E-state index is -2.63. The van der Waals surface area contributed by atoms with Gasteiger partial charge in [-0.1, -0.05) is 12.8 Å². The van der Waals surface area contributed by atoms with E-state index in [0.29, 0.717) is 36.5 Å². The highest BCUT2D eigenvalue weighted by atomic mass is 19.3. The molecule has 0 bridgehead atoms. The van der Waals surface area contributed by atoms with E-state index >= 15 is 0 Å². The summed E-state index contributed by atoms with van der Waals surface area (Å²) in [5.74, 6) is 2.10. The first-order valence-electron chi connectivity index (χ1n) is 9.91. The van der Waals surface area contributed by atoms with Gasteiger partial charge in [0.15, 0.2) is 0 Å². The van der Waals surface area contributed by atoms with Crippen LogP contribution in [0, 0.1) is 17.8 Å². The van der Waals surface area contributed by atoms with Crippen LogP contribution in [0.15, 0.2) is 12.4 Å². The van der Waals surface area contributed by atoms with Crippen molar-refractivity contribution >= 4 is 11.7 Å². The van der Waals surface area contributed by atoms with E-state index in [0.717, 1.165) is 17.4 Å². The van der Waals surface area contributed by atoms with E-state index in [1.807, 2.05) is 4.90 Å². The van der Waals surface area contributed by atoms with Crippen LogP contribution in [0.3, 0.4) is 0 Å². The van der Waals surface area contributed by atoms with Crippen LogP contribution in [0.25, 0.3) is 5.78 Å². The summed E-state index contributed by atoms with van der Waals surface area (Å²) < 4.78 is 27.8. The zero-order valence-electron chi connectivity index (χ0n) is 15.1. The van der Waals surface area contributed by atoms with Gasteiger partial charge in [0.25, 0.3) is 12.2 Å². The van der Waals surface area contributed by atoms with Crippen molar-refractivity contribution in [2.45, 2.75) is 50.9 Å². The van der Waals surface area contributed by atoms with Gasteiger partial charge in [-0.3, -0.25) is 4.79 Å². The van der Waals surface area contributed by atoms with Crippen molar-refractivity contribution in [3.05, 3.63) is 23.8 Å². The molecule has 3 aliphatic rings. The largest absolute Gasteiger partial charge is 0.342 e. The lowest BCUT2D eigenvalue weighted by molar-refractivity contribution is -0.134. The molecule has 5 rings (SSSR count). The zero-order valence-corrected chi connectivity index (χ0v) is 15.1. The molecule has 3 fully saturated rings. The van der Waals surface area contributed by atoms with Crippen LogP contribution in [0.2, 0.25) is 0 Å². The van der Waals surface area contributed by atoms with Crippen LogP contribution < -0.4 is 0 Å². The van der Waals surface area contributed by atoms with E-state index < -0.39 is 6.43 Å². The third-order valence-corrected chi connectivity index (χ3v) is 6.69. The van der Waals surface area contributed by atoms with Gasteiger partial charge in [-0.25, -0.2) is 13.8 Å². The summed E-state index contributed by atoms with van der Waals surface area (Å²) in [7, 11) is 0. The maximum absolute atomic E-state index is 13.4. The van der Waals surface area contributed by atoms with Crippen molar-refractivity contribution in [2.24, 2.45) is 17.8 Å². The van der Waals surface area contributed by atoms with E-state index in [-0.39, 0.29) is 23.3 Å². The normalized spacial score (nSPS) is 28.6. The van der Waals surface area contributed by atoms with Crippen LogP contribution in [0.5, 0.6) is 0 Å². The summed E-state index contributed by atoms with van der Waals surface area (Å²) in [5, 5.41) is 3.83. The average molecular weight is 375 g/mol. The molecule has 1 aliphatic heterocycles. The van der Waals surface area contributed by atoms with Crippen molar-refractivity contribution in [3.8, 4) is 0 Å². The lowest BCUT2D eigenvalue weighted by atomic mass is 9.92. The molecule has 0 aromatic carbocycles. The summed E-state index contributed by atoms with van der Waals surface area (Å²) in [6, 6.07) is 1.45. The minimum Gasteiger partial charge on any atom is -0.342 e. The van der Waals surface area contributed by atoms with Crippen molar-refractivity contribution in [3.63, 3.8) is 0 Å². The van der Waals surface area contributed by atoms with Crippen LogP contribution in [0.1, 0.15) is 62.3 Å². The number of aromatic nitrogens is 4. The molecule has 2 atom stereocenters. The molecule has 144 valence electrons. The first kappa shape index (κ1) is 17.0. The molecule has 1 amide bonds. The summed E-state index contributed by atoms with van der Waals surface area (Å²) >= 11 is 0. The highest BCUT2D eigenvalue weighted by Gasteiger charge is 2.55. The van der Waals surface area contributed by atoms with Crippen LogP contribution in [-0.2, 0) is 4.79 Å². The van der Waals surface area contributed by atoms with Gasteiger partial charge < -0.3 is 4.90 Å². The first-order chi connectivity index (χ1) is 13.1. The van der Waals surface area contributed by atoms with Gasteiger partial charge in [0, 0.05) is 30.6 Å². The Hall–Kier alpha value is -2.12. The Labute approximate surface area is 156 Å². The number of halogens is 2. The second-order valence-electron chi connectivity index (χ2n) is 8.12. The van der Waals surface area contributed by atoms with E-state index in [1.54, 1.807) is 0 Å². The topological polar surface area (TPSA) is 63.4 Å². The summed E-state index contributed by atoms with van der Waals surface area (Å²) in [6.07, 6.45) is 5.06. The smallest absolute Gasteiger partial charge is 0.280 e. The molecule has 2 unspecified atom stereocenters. The monoisotopic (exact) mass is 375 g/mol. The standard InChI is InChI=1S/C19H23F2N5O/c20-17(21)15-9-14(24-19-22-10-23-26(15)19)11-5-7-25(8-6-11)18(27)16-12-3-1-2-4-13(12)16/h9-13,16-17H,1-8H2. The maximum atomic E-state index is 13.4. The second-order valence-corrected chi connectivity index (χ2v) is 8.12. The van der Waals surface area contributed by atoms with Crippen LogP contribution >= 0.6 is 0 Å². The molecule has 3 heterocycles. The van der Waals surface area contributed by atoms with Gasteiger partial charge in [0.1, 0.15) is 12.0 Å². The third kappa shape index (κ3) is 2.89. The van der Waals surface area contributed by atoms with Gasteiger partial charge in [-0.15, -0.1) is 0 Å². The fourth-order valence-corrected chi connectivity index (χ4v) is 5.18. The molecule has 8 heteroatoms. The Morgan fingerprint density at radius 1 is 1.11 bits per heavy atom. The minimum absolute atomic E-state index is 0.0785. The molecular formula is C19H23F2N5O. The van der Waals surface area contributed by atoms with Gasteiger partial charge in [0.2, 0.25) is 5.91 Å². The molecule has 2 saturated carbocycles. The van der Waals surface area contributed by atoms with Crippen LogP contribution in [0.4, 0.5) is 8.78 Å². The van der Waals surface area contributed by atoms with Crippen molar-refractivity contribution in [1.29, 1.82) is 0 Å². The number of hydrogen-bond donors (Lipinski definition) is 0. The Morgan fingerprint density at radius 2 is 1.81 bits per heavy atom. The summed E-state index contributed by atoms with van der Waals surface area (Å²) in [4.78, 5) is 23.2. The lowest BCUT2D eigenvalue weighted by Gasteiger charge is -2.32. The number of carbonyl (C=O) groups excluding carboxylic acids is 1. The fraction of sp³-hybridized carbons (Fsp3) is 0.684. The predicted octanol–water partition coefficient (Wildman–Crippen LogP) is 3.20. The maximum Gasteiger partial charge on any atom is 0.280 e. The fourth-order valence-electron chi connectivity index (χ4n) is 5.18. The Bertz CT molecular complexity index is 849. The zero-order chi connectivity index (χ0) is 18.5. The third-order valence-electron chi connectivity index (χ3n) is 6.69. The van der Waals surface area contributed by atoms with Crippen LogP contribution in [-0.4, -0.2) is 43.5 Å². The summed E-state index contributed by atoms with van der Waals surface area (Å²) in [5.41, 5.74) is 0.464. The molecule has 2 aromatic heterocycles. The quantitative estimate of drug-likeness (QED) is 0.826. The summed E-state index contributed by atoms with van der Waals surface area (Å²) in [6.45, 7) is 1.37. The Kier molecular flexibility index (Phi) is 4.09. The van der Waals surface area contributed by atoms with Crippen molar-refractivity contribution < 1.29 is 13.6 Å². The number of amides is 1. The number of fused-ring (bicyclic) bond motifs is 2. The molecule has 2 aliphatic carbocycles. The molecule has 27 heavy (non-hydrogen) atoms. The number of piperidine rings is 1. The lowest BCUT2D eigenvalue weighted by Crippen LogP contribution is -2.39. The molecule has 0 spiro atoms. The second kappa shape index (κ2) is 6.49. The highest BCUT2D eigenvalue weighted by molar-refractivity contribution is 5.82. The van der Waals surface area contributed by atoms with Crippen molar-refractivity contribution in [2.75, 3.05) is 13.1 Å². The average Bonchev–Trinajstić information content (AvgIpc) is 3.23. The van der Waals surface area contributed by atoms with E-state index in [9.17, 15) is 13.6 Å². The molecule has 0 radical (unpaired) electrons. The molecular weight excluding hydrogens is 352 g/mol. The number of likely N-dealkylation sites (tertiary alicyclic amines) is 1. The van der Waals surface area contributed by atoms with E-state index in [4.69, 9.17) is 0 Å². The van der Waals surface area contributed by atoms with Gasteiger partial charge in [-0.05, 0) is 43.6 Å². The molecule has 2 aromatic rings. The number of rotatable bonds is 3. The number of carbonyl (C=O) groups is 1. The van der Waals surface area contributed by atoms with Gasteiger partial charge >= 0.3 is 0 Å². The number of nitrogens with zero attached hydrogens (tertiary/aromatic N) is 5. The Balaban J connectivity index is 1.28. The van der Waals surface area contributed by atoms with Crippen molar-refractivity contribution in [1.82, 2.24) is 24.5 Å². The first-order valence-corrected chi connectivity index (χ1v) is 9.91. The Morgan fingerprint density at radius 3 is 2.48 bits per heavy atom. The molecule has 1 saturated heterocycles. The number of hydrogen-bond acceptors (Lipinski definition) is 4. The molecule has 6 nitrogen and oxygen atoms in total. The van der Waals surface area contributed by atoms with E-state index in [2.05, 4.69) is 15.1 Å².